The van der Waals surface area contributed by atoms with Gasteiger partial charge < -0.3 is 0 Å². The normalized spacial score (nSPS) is 11.0. The van der Waals surface area contributed by atoms with Gasteiger partial charge >= 0.3 is 0 Å². The van der Waals surface area contributed by atoms with E-state index in [2.05, 4.69) is 74.3 Å². The molecule has 0 saturated carbocycles. The summed E-state index contributed by atoms with van der Waals surface area (Å²) in [5, 5.41) is 4.24. The van der Waals surface area contributed by atoms with Crippen molar-refractivity contribution < 1.29 is 0 Å². The minimum atomic E-state index is 0.551. The molecule has 2 heteroatoms. The molecule has 0 aromatic heterocycles. The smallest absolute Gasteiger partial charge is 0.0562 e. The third-order valence-electron chi connectivity index (χ3n) is 3.42. The number of nitrogens with zero attached hydrogens (tertiary/aromatic N) is 1. The van der Waals surface area contributed by atoms with E-state index < -0.39 is 0 Å². The summed E-state index contributed by atoms with van der Waals surface area (Å²) in [4.78, 5) is 0. The molecule has 0 aliphatic carbocycles. The lowest BCUT2D eigenvalue weighted by Gasteiger charge is -2.06. The van der Waals surface area contributed by atoms with Crippen LogP contribution in [0.15, 0.2) is 60.2 Å². The number of hydrogen-bond acceptors (Lipinski definition) is 2. The summed E-state index contributed by atoms with van der Waals surface area (Å²) in [6.45, 7) is 10.4. The van der Waals surface area contributed by atoms with Crippen LogP contribution in [0.2, 0.25) is 0 Å². The molecule has 0 fully saturated rings. The van der Waals surface area contributed by atoms with Crippen LogP contribution in [-0.2, 0) is 0 Å². The summed E-state index contributed by atoms with van der Waals surface area (Å²) >= 11 is 0. The van der Waals surface area contributed by atoms with E-state index in [1.807, 2.05) is 18.3 Å². The molecule has 0 saturated heterocycles. The van der Waals surface area contributed by atoms with Crippen LogP contribution in [0, 0.1) is 6.92 Å². The molecule has 0 aliphatic heterocycles. The lowest BCUT2D eigenvalue weighted by Crippen LogP contribution is -2.03. The van der Waals surface area contributed by atoms with Crippen LogP contribution < -0.4 is 5.43 Å². The van der Waals surface area contributed by atoms with Crippen LogP contribution in [0.1, 0.15) is 42.0 Å². The number of hydrogen-bond donors (Lipinski definition) is 1. The maximum atomic E-state index is 4.24. The van der Waals surface area contributed by atoms with Crippen molar-refractivity contribution in [1.82, 2.24) is 5.43 Å². The second-order valence-electron chi connectivity index (χ2n) is 5.54. The van der Waals surface area contributed by atoms with Crippen LogP contribution in [0.5, 0.6) is 0 Å². The molecule has 0 unspecified atom stereocenters. The van der Waals surface area contributed by atoms with Crippen molar-refractivity contribution in [2.75, 3.05) is 0 Å². The van der Waals surface area contributed by atoms with E-state index in [0.717, 1.165) is 16.8 Å². The zero-order valence-electron chi connectivity index (χ0n) is 12.9. The van der Waals surface area contributed by atoms with Gasteiger partial charge in [0.15, 0.2) is 0 Å². The largest absolute Gasteiger partial charge is 0.278 e. The fraction of sp³-hybridized carbons (Fsp3) is 0.211. The highest BCUT2D eigenvalue weighted by atomic mass is 15.3. The SMILES string of the molecule is C=C(N/N=C/c1ccc(C(C)C)cc1)c1ccc(C)cc1. The summed E-state index contributed by atoms with van der Waals surface area (Å²) in [6.07, 6.45) is 1.81. The van der Waals surface area contributed by atoms with Gasteiger partial charge in [-0.05, 0) is 29.5 Å². The Morgan fingerprint density at radius 2 is 1.67 bits per heavy atom. The first-order valence-electron chi connectivity index (χ1n) is 7.21. The lowest BCUT2D eigenvalue weighted by molar-refractivity contribution is 0.866. The van der Waals surface area contributed by atoms with Crippen LogP contribution in [-0.4, -0.2) is 6.21 Å². The predicted octanol–water partition coefficient (Wildman–Crippen LogP) is 4.71. The van der Waals surface area contributed by atoms with E-state index in [9.17, 15) is 0 Å². The fourth-order valence-corrected chi connectivity index (χ4v) is 1.97. The monoisotopic (exact) mass is 278 g/mol. The Bertz CT molecular complexity index is 620. The zero-order valence-corrected chi connectivity index (χ0v) is 12.9. The molecule has 2 aromatic carbocycles. The molecular formula is C19H22N2. The van der Waals surface area contributed by atoms with E-state index in [4.69, 9.17) is 0 Å². The number of benzene rings is 2. The van der Waals surface area contributed by atoms with Gasteiger partial charge in [0.2, 0.25) is 0 Å². The molecule has 0 radical (unpaired) electrons. The van der Waals surface area contributed by atoms with Gasteiger partial charge in [-0.25, -0.2) is 0 Å². The number of aryl methyl sites for hydroxylation is 1. The van der Waals surface area contributed by atoms with Crippen LogP contribution in [0.25, 0.3) is 5.70 Å². The van der Waals surface area contributed by atoms with Crippen LogP contribution in [0.4, 0.5) is 0 Å². The summed E-state index contributed by atoms with van der Waals surface area (Å²) in [5.41, 5.74) is 8.47. The maximum Gasteiger partial charge on any atom is 0.0562 e. The van der Waals surface area contributed by atoms with Crippen molar-refractivity contribution in [2.45, 2.75) is 26.7 Å². The fourth-order valence-electron chi connectivity index (χ4n) is 1.97. The highest BCUT2D eigenvalue weighted by Crippen LogP contribution is 2.14. The van der Waals surface area contributed by atoms with Gasteiger partial charge in [0.1, 0.15) is 0 Å². The van der Waals surface area contributed by atoms with Crippen LogP contribution in [0.3, 0.4) is 0 Å². The van der Waals surface area contributed by atoms with E-state index in [1.54, 1.807) is 0 Å². The Morgan fingerprint density at radius 1 is 1.05 bits per heavy atom. The second kappa shape index (κ2) is 6.89. The summed E-state index contributed by atoms with van der Waals surface area (Å²) in [7, 11) is 0. The molecule has 0 spiro atoms. The van der Waals surface area contributed by atoms with Crippen molar-refractivity contribution >= 4 is 11.9 Å². The predicted molar refractivity (Wildman–Crippen MR) is 91.5 cm³/mol. The first-order valence-corrected chi connectivity index (χ1v) is 7.21. The minimum absolute atomic E-state index is 0.551. The highest BCUT2D eigenvalue weighted by Gasteiger charge is 1.98. The highest BCUT2D eigenvalue weighted by molar-refractivity contribution is 5.80. The summed E-state index contributed by atoms with van der Waals surface area (Å²) in [5.74, 6) is 0.551. The topological polar surface area (TPSA) is 24.4 Å². The average molecular weight is 278 g/mol. The van der Waals surface area contributed by atoms with Crippen molar-refractivity contribution in [3.05, 3.63) is 77.4 Å². The van der Waals surface area contributed by atoms with Crippen molar-refractivity contribution in [2.24, 2.45) is 5.10 Å². The second-order valence-corrected chi connectivity index (χ2v) is 5.54. The maximum absolute atomic E-state index is 4.24. The van der Waals surface area contributed by atoms with Crippen molar-refractivity contribution in [1.29, 1.82) is 0 Å². The Hall–Kier alpha value is -2.35. The molecule has 0 aliphatic rings. The Labute approximate surface area is 127 Å². The Kier molecular flexibility index (Phi) is 4.94. The third-order valence-corrected chi connectivity index (χ3v) is 3.42. The lowest BCUT2D eigenvalue weighted by atomic mass is 10.0. The summed E-state index contributed by atoms with van der Waals surface area (Å²) in [6, 6.07) is 16.6. The molecule has 108 valence electrons. The molecule has 0 heterocycles. The van der Waals surface area contributed by atoms with Gasteiger partial charge in [0.25, 0.3) is 0 Å². The van der Waals surface area contributed by atoms with E-state index in [1.165, 1.54) is 11.1 Å². The van der Waals surface area contributed by atoms with Gasteiger partial charge in [-0.2, -0.15) is 5.10 Å². The number of rotatable bonds is 5. The van der Waals surface area contributed by atoms with Gasteiger partial charge in [0.05, 0.1) is 11.9 Å². The first-order chi connectivity index (χ1) is 10.1. The molecule has 21 heavy (non-hydrogen) atoms. The van der Waals surface area contributed by atoms with Gasteiger partial charge in [-0.15, -0.1) is 0 Å². The molecular weight excluding hydrogens is 256 g/mol. The Balaban J connectivity index is 1.95. The molecule has 0 atom stereocenters. The van der Waals surface area contributed by atoms with Gasteiger partial charge in [-0.3, -0.25) is 5.43 Å². The molecule has 1 N–H and O–H groups in total. The van der Waals surface area contributed by atoms with E-state index >= 15 is 0 Å². The standard InChI is InChI=1S/C19H22N2/c1-14(2)18-11-7-17(8-12-18)13-20-21-16(4)19-9-5-15(3)6-10-19/h5-14,21H,4H2,1-3H3/b20-13+. The van der Waals surface area contributed by atoms with Gasteiger partial charge in [-0.1, -0.05) is 74.5 Å². The van der Waals surface area contributed by atoms with Crippen LogP contribution >= 0.6 is 0 Å². The Morgan fingerprint density at radius 3 is 2.24 bits per heavy atom. The minimum Gasteiger partial charge on any atom is -0.278 e. The number of nitrogens with one attached hydrogen (secondary N) is 1. The first kappa shape index (κ1) is 15.0. The van der Waals surface area contributed by atoms with E-state index in [0.29, 0.717) is 5.92 Å². The molecule has 2 nitrogen and oxygen atoms in total. The quantitative estimate of drug-likeness (QED) is 0.621. The number of hydrazone groups is 1. The van der Waals surface area contributed by atoms with Crippen molar-refractivity contribution in [3.63, 3.8) is 0 Å². The molecule has 2 aromatic rings. The zero-order chi connectivity index (χ0) is 15.2. The molecule has 2 rings (SSSR count). The molecule has 0 bridgehead atoms. The van der Waals surface area contributed by atoms with Crippen molar-refractivity contribution in [3.8, 4) is 0 Å². The van der Waals surface area contributed by atoms with E-state index in [-0.39, 0.29) is 0 Å². The molecule has 0 amide bonds. The average Bonchev–Trinajstić information content (AvgIpc) is 2.48. The summed E-state index contributed by atoms with van der Waals surface area (Å²) < 4.78 is 0. The third kappa shape index (κ3) is 4.32. The van der Waals surface area contributed by atoms with Gasteiger partial charge in [0, 0.05) is 0 Å².